The van der Waals surface area contributed by atoms with E-state index >= 15 is 0 Å². The monoisotopic (exact) mass is 304 g/mol. The Morgan fingerprint density at radius 1 is 1.41 bits per heavy atom. The zero-order valence-electron chi connectivity index (χ0n) is 12.0. The summed E-state index contributed by atoms with van der Waals surface area (Å²) < 4.78 is 15.1. The Morgan fingerprint density at radius 3 is 3.14 bits per heavy atom. The van der Waals surface area contributed by atoms with Gasteiger partial charge in [0.15, 0.2) is 0 Å². The first-order valence-electron chi connectivity index (χ1n) is 7.11. The van der Waals surface area contributed by atoms with Gasteiger partial charge in [-0.05, 0) is 6.92 Å². The van der Waals surface area contributed by atoms with E-state index in [0.29, 0.717) is 19.6 Å². The van der Waals surface area contributed by atoms with E-state index in [0.717, 1.165) is 11.3 Å². The fourth-order valence-electron chi connectivity index (χ4n) is 2.90. The third-order valence-corrected chi connectivity index (χ3v) is 4.16. The van der Waals surface area contributed by atoms with Gasteiger partial charge in [-0.15, -0.1) is 5.10 Å². The molecule has 0 amide bonds. The summed E-state index contributed by atoms with van der Waals surface area (Å²) in [4.78, 5) is 15.9. The van der Waals surface area contributed by atoms with Crippen LogP contribution < -0.4 is 11.4 Å². The number of anilines is 1. The normalized spacial score (nSPS) is 27.2. The molecule has 9 heteroatoms. The van der Waals surface area contributed by atoms with Crippen LogP contribution in [0.1, 0.15) is 23.9 Å². The number of aromatic nitrogens is 5. The second-order valence-corrected chi connectivity index (χ2v) is 5.62. The van der Waals surface area contributed by atoms with Crippen LogP contribution in [0, 0.1) is 6.92 Å². The predicted molar refractivity (Wildman–Crippen MR) is 74.8 cm³/mol. The van der Waals surface area contributed by atoms with Gasteiger partial charge in [-0.25, -0.2) is 9.48 Å². The largest absolute Gasteiger partial charge is 0.383 e. The molecular weight excluding hydrogens is 288 g/mol. The van der Waals surface area contributed by atoms with Crippen LogP contribution in [0.2, 0.25) is 0 Å². The van der Waals surface area contributed by atoms with Crippen LogP contribution in [0.3, 0.4) is 0 Å². The quantitative estimate of drug-likeness (QED) is 0.764. The molecule has 2 N–H and O–H groups in total. The van der Waals surface area contributed by atoms with E-state index in [1.807, 2.05) is 6.92 Å². The van der Waals surface area contributed by atoms with E-state index in [4.69, 9.17) is 15.2 Å². The first-order chi connectivity index (χ1) is 10.6. The molecule has 0 aromatic carbocycles. The van der Waals surface area contributed by atoms with E-state index in [2.05, 4.69) is 15.3 Å². The molecule has 2 aromatic rings. The summed E-state index contributed by atoms with van der Waals surface area (Å²) in [5, 5.41) is 7.90. The Hall–Kier alpha value is -2.26. The molecule has 2 aromatic heterocycles. The van der Waals surface area contributed by atoms with E-state index < -0.39 is 11.9 Å². The summed E-state index contributed by atoms with van der Waals surface area (Å²) in [7, 11) is 0. The standard InChI is InChI=1S/C13H16N6O3/c1-7-4-18(13(20)16-12(7)14)11-2-9-10(22-11)5-19-8(6-21-9)3-15-17-19/h3-4,9-11H,2,5-6H2,1H3,(H2,14,16,20)/t9-,10+,11+/m0/s1. The third kappa shape index (κ3) is 2.09. The fourth-order valence-corrected chi connectivity index (χ4v) is 2.90. The number of nitrogen functional groups attached to an aromatic ring is 1. The number of hydrogen-bond donors (Lipinski definition) is 1. The maximum absolute atomic E-state index is 12.0. The maximum atomic E-state index is 12.0. The number of hydrogen-bond acceptors (Lipinski definition) is 7. The maximum Gasteiger partial charge on any atom is 0.351 e. The highest BCUT2D eigenvalue weighted by molar-refractivity contribution is 5.35. The van der Waals surface area contributed by atoms with E-state index in [-0.39, 0.29) is 18.0 Å². The Kier molecular flexibility index (Phi) is 2.98. The van der Waals surface area contributed by atoms with E-state index in [1.165, 1.54) is 4.57 Å². The zero-order chi connectivity index (χ0) is 15.3. The molecule has 3 atom stereocenters. The molecule has 1 fully saturated rings. The van der Waals surface area contributed by atoms with Crippen molar-refractivity contribution in [2.45, 2.75) is 44.9 Å². The minimum atomic E-state index is -0.411. The molecule has 2 aliphatic rings. The van der Waals surface area contributed by atoms with Gasteiger partial charge in [0.2, 0.25) is 0 Å². The Labute approximate surface area is 125 Å². The second kappa shape index (κ2) is 4.89. The zero-order valence-corrected chi connectivity index (χ0v) is 12.0. The number of nitrogens with zero attached hydrogens (tertiary/aromatic N) is 5. The molecule has 116 valence electrons. The molecule has 2 aliphatic heterocycles. The summed E-state index contributed by atoms with van der Waals surface area (Å²) >= 11 is 0. The first-order valence-corrected chi connectivity index (χ1v) is 7.11. The smallest absolute Gasteiger partial charge is 0.351 e. The van der Waals surface area contributed by atoms with Crippen molar-refractivity contribution >= 4 is 5.82 Å². The lowest BCUT2D eigenvalue weighted by Crippen LogP contribution is -2.29. The van der Waals surface area contributed by atoms with Crippen molar-refractivity contribution < 1.29 is 9.47 Å². The summed E-state index contributed by atoms with van der Waals surface area (Å²) in [6.45, 7) is 2.81. The molecule has 4 rings (SSSR count). The molecule has 22 heavy (non-hydrogen) atoms. The molecule has 0 radical (unpaired) electrons. The molecule has 0 aliphatic carbocycles. The topological polar surface area (TPSA) is 110 Å². The summed E-state index contributed by atoms with van der Waals surface area (Å²) in [6, 6.07) is 0. The average molecular weight is 304 g/mol. The fraction of sp³-hybridized carbons (Fsp3) is 0.538. The molecule has 0 spiro atoms. The van der Waals surface area contributed by atoms with Crippen molar-refractivity contribution in [1.82, 2.24) is 24.5 Å². The highest BCUT2D eigenvalue weighted by atomic mass is 16.6. The highest BCUT2D eigenvalue weighted by Crippen LogP contribution is 2.33. The van der Waals surface area contributed by atoms with Crippen LogP contribution in [0.15, 0.2) is 17.2 Å². The third-order valence-electron chi connectivity index (χ3n) is 4.16. The summed E-state index contributed by atoms with van der Waals surface area (Å²) in [6.07, 6.45) is 3.31. The van der Waals surface area contributed by atoms with Gasteiger partial charge in [-0.3, -0.25) is 4.57 Å². The average Bonchev–Trinajstić information content (AvgIpc) is 3.06. The molecule has 0 unspecified atom stereocenters. The van der Waals surface area contributed by atoms with Crippen LogP contribution in [0.5, 0.6) is 0 Å². The Bertz CT molecular complexity index is 769. The van der Waals surface area contributed by atoms with Crippen LogP contribution in [-0.4, -0.2) is 36.8 Å². The Morgan fingerprint density at radius 2 is 2.27 bits per heavy atom. The van der Waals surface area contributed by atoms with Crippen molar-refractivity contribution in [3.63, 3.8) is 0 Å². The van der Waals surface area contributed by atoms with Gasteiger partial charge in [0.1, 0.15) is 18.1 Å². The van der Waals surface area contributed by atoms with Gasteiger partial charge in [-0.1, -0.05) is 5.21 Å². The Balaban J connectivity index is 1.61. The van der Waals surface area contributed by atoms with Crippen molar-refractivity contribution in [2.75, 3.05) is 5.73 Å². The van der Waals surface area contributed by atoms with Crippen molar-refractivity contribution in [1.29, 1.82) is 0 Å². The van der Waals surface area contributed by atoms with Gasteiger partial charge < -0.3 is 15.2 Å². The van der Waals surface area contributed by atoms with E-state index in [1.54, 1.807) is 17.1 Å². The molecule has 0 bridgehead atoms. The predicted octanol–water partition coefficient (Wildman–Crippen LogP) is -0.388. The lowest BCUT2D eigenvalue weighted by molar-refractivity contribution is -0.0426. The van der Waals surface area contributed by atoms with Crippen molar-refractivity contribution in [2.24, 2.45) is 0 Å². The summed E-state index contributed by atoms with van der Waals surface area (Å²) in [5.74, 6) is 0.247. The second-order valence-electron chi connectivity index (χ2n) is 5.62. The number of fused-ring (bicyclic) bond motifs is 2. The van der Waals surface area contributed by atoms with Gasteiger partial charge in [0.25, 0.3) is 0 Å². The number of nitrogens with two attached hydrogens (primary N) is 1. The minimum absolute atomic E-state index is 0.0866. The number of ether oxygens (including phenoxy) is 2. The van der Waals surface area contributed by atoms with Crippen LogP contribution in [0.25, 0.3) is 0 Å². The molecule has 0 saturated carbocycles. The minimum Gasteiger partial charge on any atom is -0.383 e. The van der Waals surface area contributed by atoms with Crippen LogP contribution in [-0.2, 0) is 22.6 Å². The van der Waals surface area contributed by atoms with Gasteiger partial charge >= 0.3 is 5.69 Å². The van der Waals surface area contributed by atoms with Gasteiger partial charge in [0.05, 0.1) is 31.1 Å². The van der Waals surface area contributed by atoms with Crippen LogP contribution in [0.4, 0.5) is 5.82 Å². The highest BCUT2D eigenvalue weighted by Gasteiger charge is 2.39. The SMILES string of the molecule is Cc1cn([C@H]2C[C@@H]3OCc4cnnn4C[C@H]3O2)c(=O)nc1N. The lowest BCUT2D eigenvalue weighted by Gasteiger charge is -2.16. The van der Waals surface area contributed by atoms with Gasteiger partial charge in [-0.2, -0.15) is 4.98 Å². The first kappa shape index (κ1) is 13.4. The van der Waals surface area contributed by atoms with Gasteiger partial charge in [0, 0.05) is 18.2 Å². The molecule has 4 heterocycles. The lowest BCUT2D eigenvalue weighted by atomic mass is 10.2. The molecule has 9 nitrogen and oxygen atoms in total. The van der Waals surface area contributed by atoms with Crippen molar-refractivity contribution in [3.8, 4) is 0 Å². The summed E-state index contributed by atoms with van der Waals surface area (Å²) in [5.41, 5.74) is 6.92. The van der Waals surface area contributed by atoms with E-state index in [9.17, 15) is 4.79 Å². The number of aryl methyl sites for hydroxylation is 1. The molecular formula is C13H16N6O3. The number of rotatable bonds is 1. The van der Waals surface area contributed by atoms with Crippen molar-refractivity contribution in [3.05, 3.63) is 34.1 Å². The molecule has 1 saturated heterocycles. The van der Waals surface area contributed by atoms with Crippen LogP contribution >= 0.6 is 0 Å².